The van der Waals surface area contributed by atoms with E-state index in [1.54, 1.807) is 0 Å². The molecule has 5 nitrogen and oxygen atoms in total. The molecule has 0 bridgehead atoms. The highest BCUT2D eigenvalue weighted by atomic mass is 16.5. The molecule has 0 amide bonds. The lowest BCUT2D eigenvalue weighted by molar-refractivity contribution is -0.153. The summed E-state index contributed by atoms with van der Waals surface area (Å²) in [5.41, 5.74) is 2.66. The van der Waals surface area contributed by atoms with Crippen molar-refractivity contribution in [2.75, 3.05) is 6.61 Å². The van der Waals surface area contributed by atoms with Crippen molar-refractivity contribution in [1.29, 1.82) is 0 Å². The normalized spacial score (nSPS) is 37.1. The molecule has 0 saturated heterocycles. The Morgan fingerprint density at radius 3 is 2.65 bits per heavy atom. The van der Waals surface area contributed by atoms with Crippen molar-refractivity contribution in [2.24, 2.45) is 28.6 Å². The molecule has 0 aliphatic heterocycles. The predicted octanol–water partition coefficient (Wildman–Crippen LogP) is 5.80. The van der Waals surface area contributed by atoms with Crippen LogP contribution in [-0.4, -0.2) is 46.2 Å². The van der Waals surface area contributed by atoms with Gasteiger partial charge in [0.25, 0.3) is 0 Å². The Hall–Kier alpha value is -1.69. The monoisotopic (exact) mass is 512 g/mol. The van der Waals surface area contributed by atoms with Crippen LogP contribution in [0.2, 0.25) is 0 Å². The molecule has 0 aromatic carbocycles. The third kappa shape index (κ3) is 5.84. The molecule has 4 saturated carbocycles. The van der Waals surface area contributed by atoms with Gasteiger partial charge in [0.1, 0.15) is 0 Å². The molecule has 5 heteroatoms. The lowest BCUT2D eigenvalue weighted by Gasteiger charge is -2.44. The standard InChI is InChI=1S/C32H48O5/c1-5-6-18-37-30(36)32(16-17-32)29(35)14-9-21(2)26-12-13-27-23(8-7-15-31(26,27)4)10-11-24-19-25(33)20-28(34)22(24)3/h9-11,14,21,25-29,33-35H,3,5-8,12-13,15-20H2,1-2,4H3/b14-9+,23-10+,24-11+/t21-,25-,26-,27+,28+,29-,31-/m1/s1. The summed E-state index contributed by atoms with van der Waals surface area (Å²) in [5.74, 6) is 1.13. The van der Waals surface area contributed by atoms with Gasteiger partial charge in [0, 0.05) is 6.42 Å². The number of esters is 1. The number of unbranched alkanes of at least 4 members (excludes halogenated alkanes) is 1. The second-order valence-electron chi connectivity index (χ2n) is 12.5. The van der Waals surface area contributed by atoms with Crippen LogP contribution in [0.15, 0.2) is 47.6 Å². The molecule has 3 N–H and O–H groups in total. The van der Waals surface area contributed by atoms with Gasteiger partial charge in [-0.25, -0.2) is 0 Å². The van der Waals surface area contributed by atoms with Gasteiger partial charge in [-0.2, -0.15) is 0 Å². The van der Waals surface area contributed by atoms with Crippen LogP contribution in [0.5, 0.6) is 0 Å². The van der Waals surface area contributed by atoms with Gasteiger partial charge in [-0.1, -0.05) is 63.6 Å². The van der Waals surface area contributed by atoms with E-state index in [0.717, 1.165) is 49.7 Å². The summed E-state index contributed by atoms with van der Waals surface area (Å²) in [4.78, 5) is 12.6. The van der Waals surface area contributed by atoms with Crippen LogP contribution < -0.4 is 0 Å². The van der Waals surface area contributed by atoms with Crippen molar-refractivity contribution < 1.29 is 24.9 Å². The van der Waals surface area contributed by atoms with Gasteiger partial charge in [0.15, 0.2) is 0 Å². The maximum absolute atomic E-state index is 12.6. The number of aliphatic hydroxyl groups is 3. The van der Waals surface area contributed by atoms with Crippen LogP contribution in [0.1, 0.15) is 91.4 Å². The zero-order chi connectivity index (χ0) is 26.8. The maximum Gasteiger partial charge on any atom is 0.315 e. The number of carbonyl (C=O) groups is 1. The van der Waals surface area contributed by atoms with Gasteiger partial charge in [-0.05, 0) is 92.1 Å². The summed E-state index contributed by atoms with van der Waals surface area (Å²) in [6.45, 7) is 11.3. The summed E-state index contributed by atoms with van der Waals surface area (Å²) in [6, 6.07) is 0. The van der Waals surface area contributed by atoms with E-state index in [-0.39, 0.29) is 11.4 Å². The first-order valence-corrected chi connectivity index (χ1v) is 14.6. The number of carbonyl (C=O) groups excluding carboxylic acids is 1. The number of fused-ring (bicyclic) bond motifs is 1. The Morgan fingerprint density at radius 2 is 1.95 bits per heavy atom. The first-order valence-electron chi connectivity index (χ1n) is 14.6. The Kier molecular flexibility index (Phi) is 8.87. The second-order valence-corrected chi connectivity index (χ2v) is 12.5. The van der Waals surface area contributed by atoms with E-state index < -0.39 is 23.7 Å². The van der Waals surface area contributed by atoms with Gasteiger partial charge in [-0.15, -0.1) is 0 Å². The van der Waals surface area contributed by atoms with E-state index in [9.17, 15) is 20.1 Å². The fourth-order valence-corrected chi connectivity index (χ4v) is 7.42. The summed E-state index contributed by atoms with van der Waals surface area (Å²) in [5, 5.41) is 31.2. The molecule has 37 heavy (non-hydrogen) atoms. The fraction of sp³-hybridized carbons (Fsp3) is 0.719. The summed E-state index contributed by atoms with van der Waals surface area (Å²) in [7, 11) is 0. The third-order valence-electron chi connectivity index (χ3n) is 10.0. The minimum absolute atomic E-state index is 0.205. The van der Waals surface area contributed by atoms with Crippen LogP contribution in [-0.2, 0) is 9.53 Å². The largest absolute Gasteiger partial charge is 0.465 e. The highest BCUT2D eigenvalue weighted by molar-refractivity contribution is 5.81. The van der Waals surface area contributed by atoms with Crippen LogP contribution in [0.25, 0.3) is 0 Å². The van der Waals surface area contributed by atoms with Crippen LogP contribution >= 0.6 is 0 Å². The number of ether oxygens (including phenoxy) is 1. The average Bonchev–Trinajstić information content (AvgIpc) is 3.60. The molecule has 0 aromatic heterocycles. The zero-order valence-corrected chi connectivity index (χ0v) is 23.1. The highest BCUT2D eigenvalue weighted by Crippen LogP contribution is 2.59. The lowest BCUT2D eigenvalue weighted by Crippen LogP contribution is -2.36. The third-order valence-corrected chi connectivity index (χ3v) is 10.0. The Morgan fingerprint density at radius 1 is 1.19 bits per heavy atom. The number of hydrogen-bond acceptors (Lipinski definition) is 5. The number of aliphatic hydroxyl groups excluding tert-OH is 3. The van der Waals surface area contributed by atoms with Crippen LogP contribution in [0, 0.1) is 28.6 Å². The van der Waals surface area contributed by atoms with E-state index >= 15 is 0 Å². The highest BCUT2D eigenvalue weighted by Gasteiger charge is 2.56. The number of allylic oxidation sites excluding steroid dienone is 4. The molecule has 0 heterocycles. The van der Waals surface area contributed by atoms with Crippen LogP contribution in [0.3, 0.4) is 0 Å². The van der Waals surface area contributed by atoms with E-state index in [2.05, 4.69) is 45.6 Å². The second kappa shape index (κ2) is 11.6. The fourth-order valence-electron chi connectivity index (χ4n) is 7.42. The van der Waals surface area contributed by atoms with Gasteiger partial charge >= 0.3 is 5.97 Å². The summed E-state index contributed by atoms with van der Waals surface area (Å²) >= 11 is 0. The SMILES string of the molecule is C=C1/C(=C/C=C2\CCC[C@]3(C)[C@@H]([C@H](C)/C=C/[C@@H](O)C4(C(=O)OCCCC)CC4)CC[C@@H]23)C[C@@H](O)C[C@@H]1O. The van der Waals surface area contributed by atoms with Crippen molar-refractivity contribution in [3.05, 3.63) is 47.6 Å². The Bertz CT molecular complexity index is 941. The molecule has 4 aliphatic rings. The van der Waals surface area contributed by atoms with E-state index in [0.29, 0.717) is 50.0 Å². The van der Waals surface area contributed by atoms with Crippen molar-refractivity contribution in [1.82, 2.24) is 0 Å². The number of hydrogen-bond donors (Lipinski definition) is 3. The smallest absolute Gasteiger partial charge is 0.315 e. The summed E-state index contributed by atoms with van der Waals surface area (Å²) < 4.78 is 5.44. The lowest BCUT2D eigenvalue weighted by atomic mass is 9.61. The summed E-state index contributed by atoms with van der Waals surface area (Å²) in [6.07, 6.45) is 16.4. The average molecular weight is 513 g/mol. The first-order chi connectivity index (χ1) is 17.6. The molecule has 4 fully saturated rings. The topological polar surface area (TPSA) is 87.0 Å². The van der Waals surface area contributed by atoms with Gasteiger partial charge in [0.2, 0.25) is 0 Å². The molecule has 0 aromatic rings. The number of rotatable bonds is 9. The Labute approximate surface area is 223 Å². The van der Waals surface area contributed by atoms with Crippen molar-refractivity contribution in [2.45, 2.75) is 110 Å². The molecule has 4 rings (SSSR count). The minimum Gasteiger partial charge on any atom is -0.465 e. The van der Waals surface area contributed by atoms with E-state index in [1.165, 1.54) is 12.0 Å². The van der Waals surface area contributed by atoms with Crippen LogP contribution in [0.4, 0.5) is 0 Å². The first kappa shape index (κ1) is 28.3. The minimum atomic E-state index is -0.781. The molecule has 0 spiro atoms. The maximum atomic E-state index is 12.6. The molecule has 0 unspecified atom stereocenters. The quantitative estimate of drug-likeness (QED) is 0.206. The molecular weight excluding hydrogens is 464 g/mol. The zero-order valence-electron chi connectivity index (χ0n) is 23.1. The van der Waals surface area contributed by atoms with Crippen molar-refractivity contribution in [3.8, 4) is 0 Å². The van der Waals surface area contributed by atoms with Crippen molar-refractivity contribution in [3.63, 3.8) is 0 Å². The van der Waals surface area contributed by atoms with Gasteiger partial charge in [-0.3, -0.25) is 4.79 Å². The molecule has 0 radical (unpaired) electrons. The predicted molar refractivity (Wildman–Crippen MR) is 147 cm³/mol. The van der Waals surface area contributed by atoms with Crippen molar-refractivity contribution >= 4 is 5.97 Å². The molecule has 4 aliphatic carbocycles. The Balaban J connectivity index is 1.42. The van der Waals surface area contributed by atoms with Gasteiger partial charge < -0.3 is 20.1 Å². The molecule has 206 valence electrons. The molecular formula is C32H48O5. The van der Waals surface area contributed by atoms with E-state index in [4.69, 9.17) is 4.74 Å². The van der Waals surface area contributed by atoms with E-state index in [1.807, 2.05) is 6.08 Å². The van der Waals surface area contributed by atoms with Gasteiger partial charge in [0.05, 0.1) is 30.3 Å². The molecule has 7 atom stereocenters.